The van der Waals surface area contributed by atoms with Crippen molar-refractivity contribution >= 4 is 17.4 Å². The summed E-state index contributed by atoms with van der Waals surface area (Å²) in [5.41, 5.74) is 2.83. The summed E-state index contributed by atoms with van der Waals surface area (Å²) >= 11 is 0. The highest BCUT2D eigenvalue weighted by Gasteiger charge is 2.18. The van der Waals surface area contributed by atoms with E-state index in [1.165, 1.54) is 0 Å². The molecule has 0 saturated heterocycles. The lowest BCUT2D eigenvalue weighted by atomic mass is 10.2. The summed E-state index contributed by atoms with van der Waals surface area (Å²) in [6.45, 7) is 0. The number of hydrogen-bond acceptors (Lipinski definition) is 4. The molecule has 0 aliphatic rings. The zero-order valence-corrected chi connectivity index (χ0v) is 12.9. The Labute approximate surface area is 140 Å². The Balaban J connectivity index is 1.79. The van der Waals surface area contributed by atoms with Crippen LogP contribution in [0.5, 0.6) is 0 Å². The molecule has 1 aromatic heterocycles. The van der Waals surface area contributed by atoms with Crippen molar-refractivity contribution in [1.82, 2.24) is 10.2 Å². The summed E-state index contributed by atoms with van der Waals surface area (Å²) in [5, 5.41) is 8.45. The molecule has 0 unspecified atom stereocenters. The maximum atomic E-state index is 5.94. The van der Waals surface area contributed by atoms with Gasteiger partial charge >= 0.3 is 6.01 Å². The fourth-order valence-electron chi connectivity index (χ4n) is 2.53. The van der Waals surface area contributed by atoms with Gasteiger partial charge in [-0.05, 0) is 36.4 Å². The lowest BCUT2D eigenvalue weighted by Crippen LogP contribution is -2.09. The highest BCUT2D eigenvalue weighted by atomic mass is 16.4. The van der Waals surface area contributed by atoms with Crippen LogP contribution in [-0.4, -0.2) is 10.2 Å². The number of nitrogens with zero attached hydrogens (tertiary/aromatic N) is 3. The van der Waals surface area contributed by atoms with Gasteiger partial charge in [-0.2, -0.15) is 0 Å². The number of benzene rings is 3. The summed E-state index contributed by atoms with van der Waals surface area (Å²) in [4.78, 5) is 1.94. The molecule has 116 valence electrons. The highest BCUT2D eigenvalue weighted by molar-refractivity contribution is 5.71. The van der Waals surface area contributed by atoms with Gasteiger partial charge in [-0.1, -0.05) is 59.7 Å². The fraction of sp³-hybridized carbons (Fsp3) is 0. The molecule has 0 amide bonds. The number of hydrogen-bond donors (Lipinski definition) is 0. The zero-order chi connectivity index (χ0) is 16.2. The van der Waals surface area contributed by atoms with Gasteiger partial charge in [0, 0.05) is 5.56 Å². The van der Waals surface area contributed by atoms with Crippen molar-refractivity contribution in [3.05, 3.63) is 91.0 Å². The van der Waals surface area contributed by atoms with E-state index < -0.39 is 0 Å². The maximum Gasteiger partial charge on any atom is 0.327 e. The van der Waals surface area contributed by atoms with Gasteiger partial charge in [-0.3, -0.25) is 4.90 Å². The predicted molar refractivity (Wildman–Crippen MR) is 94.4 cm³/mol. The molecule has 4 rings (SSSR count). The number of rotatable bonds is 4. The molecule has 0 aliphatic carbocycles. The number of aromatic nitrogens is 2. The second kappa shape index (κ2) is 6.38. The third-order valence-corrected chi connectivity index (χ3v) is 3.66. The summed E-state index contributed by atoms with van der Waals surface area (Å²) in [6.07, 6.45) is 0. The third kappa shape index (κ3) is 2.77. The van der Waals surface area contributed by atoms with Gasteiger partial charge in [0.2, 0.25) is 5.89 Å². The van der Waals surface area contributed by atoms with Crippen LogP contribution in [0.4, 0.5) is 17.4 Å². The Bertz CT molecular complexity index is 866. The van der Waals surface area contributed by atoms with Gasteiger partial charge in [0.25, 0.3) is 0 Å². The summed E-state index contributed by atoms with van der Waals surface area (Å²) in [7, 11) is 0. The Morgan fingerprint density at radius 3 is 1.62 bits per heavy atom. The predicted octanol–water partition coefficient (Wildman–Crippen LogP) is 5.21. The Morgan fingerprint density at radius 1 is 0.583 bits per heavy atom. The van der Waals surface area contributed by atoms with E-state index in [1.807, 2.05) is 95.9 Å². The summed E-state index contributed by atoms with van der Waals surface area (Å²) in [6, 6.07) is 30.2. The van der Waals surface area contributed by atoms with Gasteiger partial charge in [-0.25, -0.2) is 0 Å². The van der Waals surface area contributed by atoms with Crippen LogP contribution in [0, 0.1) is 0 Å². The van der Waals surface area contributed by atoms with Crippen LogP contribution in [-0.2, 0) is 0 Å². The topological polar surface area (TPSA) is 42.2 Å². The Hall–Kier alpha value is -3.40. The molecule has 0 bridgehead atoms. The van der Waals surface area contributed by atoms with E-state index in [4.69, 9.17) is 4.42 Å². The van der Waals surface area contributed by atoms with Gasteiger partial charge in [0.15, 0.2) is 0 Å². The molecule has 4 nitrogen and oxygen atoms in total. The monoisotopic (exact) mass is 313 g/mol. The first-order valence-corrected chi connectivity index (χ1v) is 7.71. The number of para-hydroxylation sites is 2. The van der Waals surface area contributed by atoms with Crippen LogP contribution in [0.25, 0.3) is 11.5 Å². The van der Waals surface area contributed by atoms with Crippen molar-refractivity contribution in [2.45, 2.75) is 0 Å². The highest BCUT2D eigenvalue weighted by Crippen LogP contribution is 2.34. The second-order valence-corrected chi connectivity index (χ2v) is 5.26. The van der Waals surface area contributed by atoms with Crippen LogP contribution >= 0.6 is 0 Å². The average Bonchev–Trinajstić information content (AvgIpc) is 3.14. The van der Waals surface area contributed by atoms with E-state index in [1.54, 1.807) is 0 Å². The molecule has 24 heavy (non-hydrogen) atoms. The molecule has 1 heterocycles. The molecule has 0 atom stereocenters. The van der Waals surface area contributed by atoms with Crippen molar-refractivity contribution in [2.75, 3.05) is 4.90 Å². The van der Waals surface area contributed by atoms with Gasteiger partial charge in [0.05, 0.1) is 11.4 Å². The minimum Gasteiger partial charge on any atom is -0.403 e. The van der Waals surface area contributed by atoms with E-state index in [-0.39, 0.29) is 0 Å². The molecule has 0 saturated carbocycles. The van der Waals surface area contributed by atoms with Gasteiger partial charge in [-0.15, -0.1) is 5.10 Å². The van der Waals surface area contributed by atoms with E-state index in [9.17, 15) is 0 Å². The average molecular weight is 313 g/mol. The Morgan fingerprint density at radius 2 is 1.08 bits per heavy atom. The Kier molecular flexibility index (Phi) is 3.78. The van der Waals surface area contributed by atoms with Crippen molar-refractivity contribution in [2.24, 2.45) is 0 Å². The smallest absolute Gasteiger partial charge is 0.327 e. The van der Waals surface area contributed by atoms with E-state index in [0.29, 0.717) is 11.9 Å². The first kappa shape index (κ1) is 14.2. The third-order valence-electron chi connectivity index (χ3n) is 3.66. The standard InChI is InChI=1S/C20H15N3O/c1-4-10-16(11-5-1)19-21-22-20(24-19)23(17-12-6-2-7-13-17)18-14-8-3-9-15-18/h1-15H. The molecular weight excluding hydrogens is 298 g/mol. The lowest BCUT2D eigenvalue weighted by molar-refractivity contribution is 0.575. The largest absolute Gasteiger partial charge is 0.403 e. The minimum atomic E-state index is 0.436. The molecule has 4 heteroatoms. The first-order valence-electron chi connectivity index (χ1n) is 7.71. The SMILES string of the molecule is c1ccc(-c2nnc(N(c3ccccc3)c3ccccc3)o2)cc1. The van der Waals surface area contributed by atoms with Crippen molar-refractivity contribution in [3.63, 3.8) is 0 Å². The molecule has 0 fully saturated rings. The fourth-order valence-corrected chi connectivity index (χ4v) is 2.53. The number of anilines is 3. The van der Waals surface area contributed by atoms with Crippen LogP contribution in [0.1, 0.15) is 0 Å². The molecule has 0 radical (unpaired) electrons. The minimum absolute atomic E-state index is 0.436. The molecule has 0 aliphatic heterocycles. The first-order chi connectivity index (χ1) is 11.9. The van der Waals surface area contributed by atoms with Gasteiger partial charge < -0.3 is 4.42 Å². The second-order valence-electron chi connectivity index (χ2n) is 5.26. The van der Waals surface area contributed by atoms with Crippen molar-refractivity contribution < 1.29 is 4.42 Å². The van der Waals surface area contributed by atoms with Crippen molar-refractivity contribution in [3.8, 4) is 11.5 Å². The van der Waals surface area contributed by atoms with Crippen molar-refractivity contribution in [1.29, 1.82) is 0 Å². The summed E-state index contributed by atoms with van der Waals surface area (Å²) in [5.74, 6) is 0.502. The van der Waals surface area contributed by atoms with E-state index >= 15 is 0 Å². The lowest BCUT2D eigenvalue weighted by Gasteiger charge is -2.20. The maximum absolute atomic E-state index is 5.94. The quantitative estimate of drug-likeness (QED) is 0.519. The molecule has 3 aromatic carbocycles. The summed E-state index contributed by atoms with van der Waals surface area (Å²) < 4.78 is 5.94. The zero-order valence-electron chi connectivity index (χ0n) is 12.9. The van der Waals surface area contributed by atoms with Crippen LogP contribution < -0.4 is 4.90 Å². The van der Waals surface area contributed by atoms with Gasteiger partial charge in [0.1, 0.15) is 0 Å². The molecule has 0 spiro atoms. The van der Waals surface area contributed by atoms with Crippen LogP contribution in [0.2, 0.25) is 0 Å². The van der Waals surface area contributed by atoms with Crippen LogP contribution in [0.3, 0.4) is 0 Å². The van der Waals surface area contributed by atoms with E-state index in [0.717, 1.165) is 16.9 Å². The molecule has 0 N–H and O–H groups in total. The molecular formula is C20H15N3O. The normalized spacial score (nSPS) is 10.5. The molecule has 4 aromatic rings. The van der Waals surface area contributed by atoms with E-state index in [2.05, 4.69) is 10.2 Å². The van der Waals surface area contributed by atoms with Crippen LogP contribution in [0.15, 0.2) is 95.4 Å².